The van der Waals surface area contributed by atoms with Gasteiger partial charge in [-0.1, -0.05) is 13.3 Å². The first kappa shape index (κ1) is 13.3. The Balaban J connectivity index is 2.42. The van der Waals surface area contributed by atoms with Gasteiger partial charge in [-0.2, -0.15) is 0 Å². The predicted octanol–water partition coefficient (Wildman–Crippen LogP) is 2.71. The third-order valence-corrected chi connectivity index (χ3v) is 2.76. The molecule has 1 heterocycles. The number of ether oxygens (including phenoxy) is 1. The first-order valence-corrected chi connectivity index (χ1v) is 6.29. The van der Waals surface area contributed by atoms with Gasteiger partial charge in [0.1, 0.15) is 17.9 Å². The van der Waals surface area contributed by atoms with Crippen LogP contribution in [0.15, 0.2) is 33.5 Å². The van der Waals surface area contributed by atoms with Crippen LogP contribution in [0.1, 0.15) is 25.8 Å². The van der Waals surface area contributed by atoms with E-state index in [1.54, 1.807) is 12.1 Å². The van der Waals surface area contributed by atoms with Crippen molar-refractivity contribution in [2.24, 2.45) is 0 Å². The summed E-state index contributed by atoms with van der Waals surface area (Å²) in [5, 5.41) is 0.914. The SMILES string of the molecule is CCCc1cc(=O)oc2cc(OCC(C)=O)ccc12. The minimum atomic E-state index is -0.361. The number of carbonyl (C=O) groups is 1. The molecule has 0 amide bonds. The molecule has 2 rings (SSSR count). The van der Waals surface area contributed by atoms with Crippen LogP contribution in [0.3, 0.4) is 0 Å². The Kier molecular flexibility index (Phi) is 4.00. The summed E-state index contributed by atoms with van der Waals surface area (Å²) in [6.07, 6.45) is 1.79. The van der Waals surface area contributed by atoms with Crippen molar-refractivity contribution in [1.82, 2.24) is 0 Å². The zero-order chi connectivity index (χ0) is 13.8. The van der Waals surface area contributed by atoms with Crippen molar-refractivity contribution in [3.8, 4) is 5.75 Å². The van der Waals surface area contributed by atoms with Crippen LogP contribution in [0.5, 0.6) is 5.75 Å². The zero-order valence-corrected chi connectivity index (χ0v) is 11.1. The molecule has 0 saturated carbocycles. The maximum atomic E-state index is 11.5. The third kappa shape index (κ3) is 3.22. The normalized spacial score (nSPS) is 10.6. The van der Waals surface area contributed by atoms with Gasteiger partial charge in [-0.3, -0.25) is 4.79 Å². The fourth-order valence-corrected chi connectivity index (χ4v) is 1.96. The Labute approximate surface area is 111 Å². The molecule has 0 bridgehead atoms. The van der Waals surface area contributed by atoms with E-state index in [-0.39, 0.29) is 18.0 Å². The first-order chi connectivity index (χ1) is 9.10. The molecule has 0 fully saturated rings. The van der Waals surface area contributed by atoms with Gasteiger partial charge in [-0.25, -0.2) is 4.79 Å². The predicted molar refractivity (Wildman–Crippen MR) is 72.7 cm³/mol. The quantitative estimate of drug-likeness (QED) is 0.776. The van der Waals surface area contributed by atoms with Gasteiger partial charge in [0.15, 0.2) is 5.78 Å². The maximum absolute atomic E-state index is 11.5. The summed E-state index contributed by atoms with van der Waals surface area (Å²) in [7, 11) is 0. The summed E-state index contributed by atoms with van der Waals surface area (Å²) in [5.74, 6) is 0.473. The van der Waals surface area contributed by atoms with Gasteiger partial charge in [0, 0.05) is 17.5 Å². The number of hydrogen-bond acceptors (Lipinski definition) is 4. The molecule has 1 aromatic carbocycles. The van der Waals surface area contributed by atoms with Gasteiger partial charge in [0.25, 0.3) is 0 Å². The van der Waals surface area contributed by atoms with E-state index in [9.17, 15) is 9.59 Å². The monoisotopic (exact) mass is 260 g/mol. The molecule has 0 atom stereocenters. The molecule has 0 aliphatic carbocycles. The van der Waals surface area contributed by atoms with Gasteiger partial charge in [-0.05, 0) is 31.0 Å². The zero-order valence-electron chi connectivity index (χ0n) is 11.1. The number of fused-ring (bicyclic) bond motifs is 1. The van der Waals surface area contributed by atoms with Crippen molar-refractivity contribution in [2.75, 3.05) is 6.61 Å². The van der Waals surface area contributed by atoms with Gasteiger partial charge in [-0.15, -0.1) is 0 Å². The van der Waals surface area contributed by atoms with Crippen LogP contribution in [-0.2, 0) is 11.2 Å². The highest BCUT2D eigenvalue weighted by Crippen LogP contribution is 2.23. The largest absolute Gasteiger partial charge is 0.486 e. The lowest BCUT2D eigenvalue weighted by Gasteiger charge is -2.07. The van der Waals surface area contributed by atoms with E-state index >= 15 is 0 Å². The third-order valence-electron chi connectivity index (χ3n) is 2.76. The topological polar surface area (TPSA) is 56.5 Å². The smallest absolute Gasteiger partial charge is 0.336 e. The Bertz CT molecular complexity index is 655. The summed E-state index contributed by atoms with van der Waals surface area (Å²) in [6.45, 7) is 3.54. The number of carbonyl (C=O) groups excluding carboxylic acids is 1. The molecule has 0 saturated heterocycles. The van der Waals surface area contributed by atoms with Crippen LogP contribution in [-0.4, -0.2) is 12.4 Å². The molecule has 0 aliphatic heterocycles. The van der Waals surface area contributed by atoms with E-state index < -0.39 is 0 Å². The lowest BCUT2D eigenvalue weighted by atomic mass is 10.1. The molecule has 2 aromatic rings. The second-order valence-corrected chi connectivity index (χ2v) is 4.49. The van der Waals surface area contributed by atoms with Crippen molar-refractivity contribution in [2.45, 2.75) is 26.7 Å². The highest BCUT2D eigenvalue weighted by molar-refractivity contribution is 5.82. The van der Waals surface area contributed by atoms with Crippen molar-refractivity contribution in [3.63, 3.8) is 0 Å². The molecule has 100 valence electrons. The van der Waals surface area contributed by atoms with E-state index in [1.807, 2.05) is 6.07 Å². The van der Waals surface area contributed by atoms with Crippen molar-refractivity contribution >= 4 is 16.8 Å². The Hall–Kier alpha value is -2.10. The standard InChI is InChI=1S/C15H16O4/c1-3-4-11-7-15(17)19-14-8-12(5-6-13(11)14)18-9-10(2)16/h5-8H,3-4,9H2,1-2H3. The maximum Gasteiger partial charge on any atom is 0.336 e. The molecular formula is C15H16O4. The van der Waals surface area contributed by atoms with E-state index in [4.69, 9.17) is 9.15 Å². The van der Waals surface area contributed by atoms with Gasteiger partial charge in [0.2, 0.25) is 0 Å². The number of aryl methyl sites for hydroxylation is 1. The van der Waals surface area contributed by atoms with Crippen molar-refractivity contribution < 1.29 is 13.9 Å². The fourth-order valence-electron chi connectivity index (χ4n) is 1.96. The number of ketones is 1. The summed E-state index contributed by atoms with van der Waals surface area (Å²) >= 11 is 0. The van der Waals surface area contributed by atoms with E-state index in [1.165, 1.54) is 13.0 Å². The molecule has 0 radical (unpaired) electrons. The number of Topliss-reactive ketones (excluding diaryl/α,β-unsaturated/α-hetero) is 1. The lowest BCUT2D eigenvalue weighted by Crippen LogP contribution is -2.06. The highest BCUT2D eigenvalue weighted by Gasteiger charge is 2.07. The van der Waals surface area contributed by atoms with Gasteiger partial charge in [0.05, 0.1) is 0 Å². The molecular weight excluding hydrogens is 244 g/mol. The highest BCUT2D eigenvalue weighted by atomic mass is 16.5. The molecule has 4 nitrogen and oxygen atoms in total. The first-order valence-electron chi connectivity index (χ1n) is 6.29. The Morgan fingerprint density at radius 3 is 2.79 bits per heavy atom. The molecule has 0 unspecified atom stereocenters. The average Bonchev–Trinajstić information content (AvgIpc) is 2.36. The Morgan fingerprint density at radius 1 is 1.32 bits per heavy atom. The minimum absolute atomic E-state index is 0.0182. The summed E-state index contributed by atoms with van der Waals surface area (Å²) in [6, 6.07) is 6.82. The summed E-state index contributed by atoms with van der Waals surface area (Å²) in [4.78, 5) is 22.4. The number of rotatable bonds is 5. The van der Waals surface area contributed by atoms with Gasteiger partial charge >= 0.3 is 5.63 Å². The second kappa shape index (κ2) is 5.69. The summed E-state index contributed by atoms with van der Waals surface area (Å²) < 4.78 is 10.5. The van der Waals surface area contributed by atoms with Crippen LogP contribution in [0.4, 0.5) is 0 Å². The van der Waals surface area contributed by atoms with Crippen LogP contribution < -0.4 is 10.4 Å². The molecule has 0 spiro atoms. The van der Waals surface area contributed by atoms with Crippen LogP contribution in [0.25, 0.3) is 11.0 Å². The molecule has 19 heavy (non-hydrogen) atoms. The lowest BCUT2D eigenvalue weighted by molar-refractivity contribution is -0.118. The minimum Gasteiger partial charge on any atom is -0.486 e. The van der Waals surface area contributed by atoms with E-state index in [2.05, 4.69) is 6.92 Å². The molecule has 0 N–H and O–H groups in total. The van der Waals surface area contributed by atoms with E-state index in [0.29, 0.717) is 11.3 Å². The van der Waals surface area contributed by atoms with Crippen molar-refractivity contribution in [3.05, 3.63) is 40.2 Å². The molecule has 0 aliphatic rings. The van der Waals surface area contributed by atoms with Crippen LogP contribution >= 0.6 is 0 Å². The van der Waals surface area contributed by atoms with Crippen LogP contribution in [0.2, 0.25) is 0 Å². The van der Waals surface area contributed by atoms with Crippen molar-refractivity contribution in [1.29, 1.82) is 0 Å². The number of benzene rings is 1. The average molecular weight is 260 g/mol. The van der Waals surface area contributed by atoms with E-state index in [0.717, 1.165) is 23.8 Å². The summed E-state index contributed by atoms with van der Waals surface area (Å²) in [5.41, 5.74) is 1.11. The molecule has 1 aromatic heterocycles. The van der Waals surface area contributed by atoms with Gasteiger partial charge < -0.3 is 9.15 Å². The van der Waals surface area contributed by atoms with Crippen LogP contribution in [0, 0.1) is 0 Å². The fraction of sp³-hybridized carbons (Fsp3) is 0.333. The number of hydrogen-bond donors (Lipinski definition) is 0. The molecule has 4 heteroatoms. The second-order valence-electron chi connectivity index (χ2n) is 4.49. The Morgan fingerprint density at radius 2 is 2.11 bits per heavy atom.